The van der Waals surface area contributed by atoms with Crippen LogP contribution in [0.25, 0.3) is 0 Å². The van der Waals surface area contributed by atoms with Crippen LogP contribution >= 0.6 is 0 Å². The molecular formula is C14H23N3O5. The molecule has 2 fully saturated rings. The minimum Gasteiger partial charge on any atom is -0.453 e. The molecule has 0 aromatic heterocycles. The Morgan fingerprint density at radius 1 is 1.50 bits per heavy atom. The zero-order chi connectivity index (χ0) is 16.5. The number of nitrogens with one attached hydrogen (secondary N) is 2. The van der Waals surface area contributed by atoms with Gasteiger partial charge in [0.05, 0.1) is 20.2 Å². The zero-order valence-corrected chi connectivity index (χ0v) is 13.3. The standard InChI is InChI=1S/C14H23N3O5/c1-8(2)10(16-13(20)21-4)11(18)17-7-14(5-9(17)3)6-15-12(19)22-14/h8-10H,5-7H2,1-4H3,(H,15,19)(H,16,20)/t9-,10+,14-/m1/s1. The molecule has 2 N–H and O–H groups in total. The van der Waals surface area contributed by atoms with E-state index in [2.05, 4.69) is 15.4 Å². The van der Waals surface area contributed by atoms with Crippen LogP contribution in [-0.4, -0.2) is 60.9 Å². The smallest absolute Gasteiger partial charge is 0.407 e. The summed E-state index contributed by atoms with van der Waals surface area (Å²) < 4.78 is 9.92. The van der Waals surface area contributed by atoms with E-state index in [9.17, 15) is 14.4 Å². The van der Waals surface area contributed by atoms with Gasteiger partial charge >= 0.3 is 12.2 Å². The maximum absolute atomic E-state index is 12.8. The number of methoxy groups -OCH3 is 1. The van der Waals surface area contributed by atoms with E-state index in [0.29, 0.717) is 19.5 Å². The summed E-state index contributed by atoms with van der Waals surface area (Å²) in [6.45, 7) is 6.35. The number of carbonyl (C=O) groups is 3. The molecule has 2 saturated heterocycles. The molecule has 0 radical (unpaired) electrons. The van der Waals surface area contributed by atoms with Gasteiger partial charge < -0.3 is 25.0 Å². The number of carbonyl (C=O) groups excluding carboxylic acids is 3. The average Bonchev–Trinajstić information content (AvgIpc) is 2.97. The van der Waals surface area contributed by atoms with E-state index in [4.69, 9.17) is 4.74 Å². The van der Waals surface area contributed by atoms with Crippen molar-refractivity contribution in [3.8, 4) is 0 Å². The summed E-state index contributed by atoms with van der Waals surface area (Å²) in [5.41, 5.74) is -0.654. The van der Waals surface area contributed by atoms with Gasteiger partial charge in [-0.1, -0.05) is 13.8 Å². The highest BCUT2D eigenvalue weighted by molar-refractivity contribution is 5.86. The molecule has 1 spiro atoms. The van der Waals surface area contributed by atoms with Crippen LogP contribution in [0.2, 0.25) is 0 Å². The lowest BCUT2D eigenvalue weighted by atomic mass is 10.0. The van der Waals surface area contributed by atoms with Crippen molar-refractivity contribution < 1.29 is 23.9 Å². The SMILES string of the molecule is COC(=O)N[C@H](C(=O)N1C[C@]2(CNC(=O)O2)C[C@H]1C)C(C)C. The molecule has 0 aromatic carbocycles. The van der Waals surface area contributed by atoms with Gasteiger partial charge in [-0.3, -0.25) is 4.79 Å². The second-order valence-corrected chi connectivity index (χ2v) is 6.30. The fourth-order valence-corrected chi connectivity index (χ4v) is 3.06. The Morgan fingerprint density at radius 2 is 2.18 bits per heavy atom. The van der Waals surface area contributed by atoms with Crippen molar-refractivity contribution in [2.75, 3.05) is 20.2 Å². The van der Waals surface area contributed by atoms with E-state index in [0.717, 1.165) is 0 Å². The number of nitrogens with zero attached hydrogens (tertiary/aromatic N) is 1. The van der Waals surface area contributed by atoms with E-state index >= 15 is 0 Å². The molecule has 3 atom stereocenters. The van der Waals surface area contributed by atoms with Crippen molar-refractivity contribution in [3.63, 3.8) is 0 Å². The first-order chi connectivity index (χ1) is 10.3. The van der Waals surface area contributed by atoms with Crippen LogP contribution in [0.5, 0.6) is 0 Å². The minimum absolute atomic E-state index is 0.0686. The highest BCUT2D eigenvalue weighted by Crippen LogP contribution is 2.33. The Hall–Kier alpha value is -1.99. The van der Waals surface area contributed by atoms with Crippen LogP contribution in [0, 0.1) is 5.92 Å². The van der Waals surface area contributed by atoms with Crippen LogP contribution in [0.3, 0.4) is 0 Å². The number of rotatable bonds is 3. The lowest BCUT2D eigenvalue weighted by Crippen LogP contribution is -2.52. The maximum atomic E-state index is 12.8. The van der Waals surface area contributed by atoms with Gasteiger partial charge in [-0.2, -0.15) is 0 Å². The molecule has 0 aromatic rings. The third-order valence-corrected chi connectivity index (χ3v) is 4.20. The third-order valence-electron chi connectivity index (χ3n) is 4.20. The molecule has 124 valence electrons. The van der Waals surface area contributed by atoms with E-state index in [1.54, 1.807) is 4.90 Å². The second kappa shape index (κ2) is 6.02. The molecule has 0 saturated carbocycles. The average molecular weight is 313 g/mol. The highest BCUT2D eigenvalue weighted by Gasteiger charge is 2.51. The summed E-state index contributed by atoms with van der Waals surface area (Å²) in [6.07, 6.45) is -0.502. The van der Waals surface area contributed by atoms with Gasteiger partial charge in [0.15, 0.2) is 5.60 Å². The largest absolute Gasteiger partial charge is 0.453 e. The van der Waals surface area contributed by atoms with E-state index in [1.807, 2.05) is 20.8 Å². The maximum Gasteiger partial charge on any atom is 0.407 e. The number of amides is 3. The Bertz CT molecular complexity index is 481. The topological polar surface area (TPSA) is 97.0 Å². The molecule has 8 nitrogen and oxygen atoms in total. The predicted molar refractivity (Wildman–Crippen MR) is 77.2 cm³/mol. The first-order valence-corrected chi connectivity index (χ1v) is 7.40. The first kappa shape index (κ1) is 16.4. The van der Waals surface area contributed by atoms with E-state index in [1.165, 1.54) is 7.11 Å². The fraction of sp³-hybridized carbons (Fsp3) is 0.786. The van der Waals surface area contributed by atoms with Crippen molar-refractivity contribution in [1.82, 2.24) is 15.5 Å². The molecule has 22 heavy (non-hydrogen) atoms. The number of hydrogen-bond donors (Lipinski definition) is 2. The molecule has 2 aliphatic heterocycles. The van der Waals surface area contributed by atoms with Crippen molar-refractivity contribution in [3.05, 3.63) is 0 Å². The normalized spacial score (nSPS) is 28.5. The molecular weight excluding hydrogens is 290 g/mol. The van der Waals surface area contributed by atoms with Gasteiger partial charge in [0.1, 0.15) is 6.04 Å². The van der Waals surface area contributed by atoms with Crippen LogP contribution in [0.4, 0.5) is 9.59 Å². The molecule has 0 bridgehead atoms. The fourth-order valence-electron chi connectivity index (χ4n) is 3.06. The summed E-state index contributed by atoms with van der Waals surface area (Å²) in [7, 11) is 1.26. The summed E-state index contributed by atoms with van der Waals surface area (Å²) in [5.74, 6) is -0.271. The van der Waals surface area contributed by atoms with Crippen molar-refractivity contribution in [1.29, 1.82) is 0 Å². The quantitative estimate of drug-likeness (QED) is 0.789. The van der Waals surface area contributed by atoms with Crippen molar-refractivity contribution in [2.45, 2.75) is 44.9 Å². The van der Waals surface area contributed by atoms with Gasteiger partial charge in [0.25, 0.3) is 0 Å². The van der Waals surface area contributed by atoms with Crippen molar-refractivity contribution in [2.24, 2.45) is 5.92 Å². The lowest BCUT2D eigenvalue weighted by Gasteiger charge is -2.29. The van der Waals surface area contributed by atoms with E-state index in [-0.39, 0.29) is 17.9 Å². The zero-order valence-electron chi connectivity index (χ0n) is 13.3. The molecule has 8 heteroatoms. The Kier molecular flexibility index (Phi) is 4.48. The summed E-state index contributed by atoms with van der Waals surface area (Å²) in [4.78, 5) is 37.2. The molecule has 0 unspecified atom stereocenters. The molecule has 2 rings (SSSR count). The Balaban J connectivity index is 2.10. The summed E-state index contributed by atoms with van der Waals surface area (Å²) >= 11 is 0. The second-order valence-electron chi connectivity index (χ2n) is 6.30. The first-order valence-electron chi connectivity index (χ1n) is 7.40. The third kappa shape index (κ3) is 3.10. The predicted octanol–water partition coefficient (Wildman–Crippen LogP) is 0.466. The number of likely N-dealkylation sites (tertiary alicyclic amines) is 1. The Morgan fingerprint density at radius 3 is 2.68 bits per heavy atom. The highest BCUT2D eigenvalue weighted by atomic mass is 16.6. The van der Waals surface area contributed by atoms with Crippen LogP contribution in [0.1, 0.15) is 27.2 Å². The summed E-state index contributed by atoms with van der Waals surface area (Å²) in [6, 6.07) is -0.740. The van der Waals surface area contributed by atoms with Crippen LogP contribution in [0.15, 0.2) is 0 Å². The van der Waals surface area contributed by atoms with Gasteiger partial charge in [0, 0.05) is 12.5 Å². The summed E-state index contributed by atoms with van der Waals surface area (Å²) in [5, 5.41) is 5.21. The van der Waals surface area contributed by atoms with Crippen molar-refractivity contribution >= 4 is 18.1 Å². The Labute approximate surface area is 129 Å². The lowest BCUT2D eigenvalue weighted by molar-refractivity contribution is -0.135. The number of ether oxygens (including phenoxy) is 2. The van der Waals surface area contributed by atoms with Crippen LogP contribution < -0.4 is 10.6 Å². The van der Waals surface area contributed by atoms with Gasteiger partial charge in [-0.05, 0) is 12.8 Å². The molecule has 2 aliphatic rings. The monoisotopic (exact) mass is 313 g/mol. The number of alkyl carbamates (subject to hydrolysis) is 2. The molecule has 3 amide bonds. The van der Waals surface area contributed by atoms with Gasteiger partial charge in [-0.25, -0.2) is 9.59 Å². The van der Waals surface area contributed by atoms with Crippen LogP contribution in [-0.2, 0) is 14.3 Å². The molecule has 2 heterocycles. The van der Waals surface area contributed by atoms with Gasteiger partial charge in [0.2, 0.25) is 5.91 Å². The van der Waals surface area contributed by atoms with E-state index < -0.39 is 23.8 Å². The number of hydrogen-bond acceptors (Lipinski definition) is 5. The molecule has 0 aliphatic carbocycles. The minimum atomic E-state index is -0.671. The van der Waals surface area contributed by atoms with Gasteiger partial charge in [-0.15, -0.1) is 0 Å².